The van der Waals surface area contributed by atoms with Crippen molar-refractivity contribution < 1.29 is 23.5 Å². The summed E-state index contributed by atoms with van der Waals surface area (Å²) in [7, 11) is 0. The largest absolute Gasteiger partial charge is 0.450 e. The number of carbonyl (C=O) groups is 3. The molecule has 1 aliphatic heterocycles. The minimum absolute atomic E-state index is 0.131. The molecule has 1 heterocycles. The molecule has 1 saturated heterocycles. The maximum atomic E-state index is 14.0. The molecule has 0 spiro atoms. The highest BCUT2D eigenvalue weighted by molar-refractivity contribution is 5.94. The van der Waals surface area contributed by atoms with E-state index in [9.17, 15) is 18.8 Å². The molecule has 1 saturated carbocycles. The summed E-state index contributed by atoms with van der Waals surface area (Å²) < 4.78 is 19.0. The zero-order chi connectivity index (χ0) is 19.4. The molecule has 7 nitrogen and oxygen atoms in total. The van der Waals surface area contributed by atoms with Gasteiger partial charge in [-0.3, -0.25) is 9.59 Å². The van der Waals surface area contributed by atoms with Crippen molar-refractivity contribution in [3.8, 4) is 0 Å². The van der Waals surface area contributed by atoms with Crippen LogP contribution < -0.4 is 5.32 Å². The molecule has 2 fully saturated rings. The number of carbonyl (C=O) groups excluding carboxylic acids is 3. The van der Waals surface area contributed by atoms with Crippen LogP contribution in [0.1, 0.15) is 25.3 Å². The second-order valence-corrected chi connectivity index (χ2v) is 6.81. The Labute approximate surface area is 157 Å². The van der Waals surface area contributed by atoms with Crippen molar-refractivity contribution in [2.24, 2.45) is 0 Å². The fourth-order valence-corrected chi connectivity index (χ4v) is 3.38. The Morgan fingerprint density at radius 2 is 1.74 bits per heavy atom. The van der Waals surface area contributed by atoms with Crippen LogP contribution >= 0.6 is 0 Å². The zero-order valence-electron chi connectivity index (χ0n) is 15.4. The number of hydrogen-bond donors (Lipinski definition) is 1. The van der Waals surface area contributed by atoms with E-state index in [1.165, 1.54) is 6.07 Å². The predicted octanol–water partition coefficient (Wildman–Crippen LogP) is 1.27. The van der Waals surface area contributed by atoms with Crippen molar-refractivity contribution in [3.05, 3.63) is 35.6 Å². The summed E-state index contributed by atoms with van der Waals surface area (Å²) in [6, 6.07) is 6.27. The second-order valence-electron chi connectivity index (χ2n) is 6.81. The molecule has 0 bridgehead atoms. The van der Waals surface area contributed by atoms with Gasteiger partial charge in [-0.2, -0.15) is 0 Å². The number of hydrogen-bond acceptors (Lipinski definition) is 4. The summed E-state index contributed by atoms with van der Waals surface area (Å²) >= 11 is 0. The average Bonchev–Trinajstić information content (AvgIpc) is 3.48. The lowest BCUT2D eigenvalue weighted by atomic mass is 9.94. The molecule has 1 N–H and O–H groups in total. The fourth-order valence-electron chi connectivity index (χ4n) is 3.38. The van der Waals surface area contributed by atoms with E-state index in [1.807, 2.05) is 0 Å². The Kier molecular flexibility index (Phi) is 5.62. The van der Waals surface area contributed by atoms with E-state index in [-0.39, 0.29) is 24.5 Å². The van der Waals surface area contributed by atoms with Gasteiger partial charge in [0.2, 0.25) is 11.8 Å². The molecule has 0 aromatic heterocycles. The molecule has 1 aromatic rings. The molecule has 0 unspecified atom stereocenters. The standard InChI is InChI=1S/C19H24FN3O4/c1-2-27-18(26)23-11-9-22(10-12-23)16(24)13-21-17(25)19(7-8-19)14-5-3-4-6-15(14)20/h3-6H,2,7-13H2,1H3,(H,21,25). The van der Waals surface area contributed by atoms with E-state index in [2.05, 4.69) is 5.32 Å². The van der Waals surface area contributed by atoms with E-state index in [0.717, 1.165) is 0 Å². The van der Waals surface area contributed by atoms with Crippen LogP contribution in [0.3, 0.4) is 0 Å². The monoisotopic (exact) mass is 377 g/mol. The number of rotatable bonds is 5. The highest BCUT2D eigenvalue weighted by Crippen LogP contribution is 2.49. The summed E-state index contributed by atoms with van der Waals surface area (Å²) in [5, 5.41) is 2.66. The van der Waals surface area contributed by atoms with Crippen LogP contribution in [-0.2, 0) is 19.7 Å². The average molecular weight is 377 g/mol. The maximum absolute atomic E-state index is 14.0. The lowest BCUT2D eigenvalue weighted by molar-refractivity contribution is -0.134. The van der Waals surface area contributed by atoms with Gasteiger partial charge in [-0.15, -0.1) is 0 Å². The van der Waals surface area contributed by atoms with Gasteiger partial charge >= 0.3 is 6.09 Å². The topological polar surface area (TPSA) is 79.0 Å². The molecule has 1 aliphatic carbocycles. The van der Waals surface area contributed by atoms with Gasteiger partial charge in [0, 0.05) is 31.7 Å². The lowest BCUT2D eigenvalue weighted by Gasteiger charge is -2.34. The highest BCUT2D eigenvalue weighted by Gasteiger charge is 2.52. The molecule has 0 radical (unpaired) electrons. The Bertz CT molecular complexity index is 727. The number of nitrogens with zero attached hydrogens (tertiary/aromatic N) is 2. The van der Waals surface area contributed by atoms with Crippen molar-refractivity contribution in [1.29, 1.82) is 0 Å². The van der Waals surface area contributed by atoms with Gasteiger partial charge in [-0.05, 0) is 25.8 Å². The maximum Gasteiger partial charge on any atom is 0.409 e. The number of halogens is 1. The van der Waals surface area contributed by atoms with Gasteiger partial charge in [0.25, 0.3) is 0 Å². The van der Waals surface area contributed by atoms with Crippen molar-refractivity contribution >= 4 is 17.9 Å². The SMILES string of the molecule is CCOC(=O)N1CCN(C(=O)CNC(=O)C2(c3ccccc3F)CC2)CC1. The Morgan fingerprint density at radius 3 is 2.33 bits per heavy atom. The summed E-state index contributed by atoms with van der Waals surface area (Å²) in [5.74, 6) is -0.922. The smallest absolute Gasteiger partial charge is 0.409 e. The predicted molar refractivity (Wildman–Crippen MR) is 95.5 cm³/mol. The Morgan fingerprint density at radius 1 is 1.11 bits per heavy atom. The number of ether oxygens (including phenoxy) is 1. The summed E-state index contributed by atoms with van der Waals surface area (Å²) in [6.45, 7) is 3.52. The number of piperazine rings is 1. The number of amides is 3. The summed E-state index contributed by atoms with van der Waals surface area (Å²) in [4.78, 5) is 39.8. The first-order chi connectivity index (χ1) is 13.0. The molecule has 3 amide bonds. The van der Waals surface area contributed by atoms with Crippen LogP contribution in [0.4, 0.5) is 9.18 Å². The molecule has 3 rings (SSSR count). The van der Waals surface area contributed by atoms with Crippen molar-refractivity contribution in [2.45, 2.75) is 25.2 Å². The Hall–Kier alpha value is -2.64. The highest BCUT2D eigenvalue weighted by atomic mass is 19.1. The molecule has 0 atom stereocenters. The molecule has 1 aromatic carbocycles. The van der Waals surface area contributed by atoms with Crippen molar-refractivity contribution in [2.75, 3.05) is 39.3 Å². The van der Waals surface area contributed by atoms with Gasteiger partial charge in [-0.25, -0.2) is 9.18 Å². The lowest BCUT2D eigenvalue weighted by Crippen LogP contribution is -2.53. The Balaban J connectivity index is 1.49. The number of nitrogens with one attached hydrogen (secondary N) is 1. The first-order valence-corrected chi connectivity index (χ1v) is 9.20. The van der Waals surface area contributed by atoms with Crippen LogP contribution in [0.15, 0.2) is 24.3 Å². The summed E-state index contributed by atoms with van der Waals surface area (Å²) in [6.07, 6.45) is 0.775. The minimum atomic E-state index is -0.853. The van der Waals surface area contributed by atoms with Crippen LogP contribution in [0.2, 0.25) is 0 Å². The van der Waals surface area contributed by atoms with E-state index in [4.69, 9.17) is 4.74 Å². The van der Waals surface area contributed by atoms with Crippen molar-refractivity contribution in [3.63, 3.8) is 0 Å². The van der Waals surface area contributed by atoms with Gasteiger partial charge in [-0.1, -0.05) is 18.2 Å². The molecular formula is C19H24FN3O4. The van der Waals surface area contributed by atoms with Crippen LogP contribution in [-0.4, -0.2) is 67.0 Å². The van der Waals surface area contributed by atoms with Gasteiger partial charge in [0.1, 0.15) is 5.82 Å². The molecule has 146 valence electrons. The van der Waals surface area contributed by atoms with Crippen LogP contribution in [0, 0.1) is 5.82 Å². The molecular weight excluding hydrogens is 353 g/mol. The third kappa shape index (κ3) is 4.04. The molecule has 8 heteroatoms. The zero-order valence-corrected chi connectivity index (χ0v) is 15.4. The normalized spacial score (nSPS) is 18.0. The second kappa shape index (κ2) is 7.94. The van der Waals surface area contributed by atoms with E-state index in [0.29, 0.717) is 51.2 Å². The van der Waals surface area contributed by atoms with Crippen LogP contribution in [0.25, 0.3) is 0 Å². The van der Waals surface area contributed by atoms with Gasteiger partial charge < -0.3 is 19.9 Å². The molecule has 2 aliphatic rings. The van der Waals surface area contributed by atoms with Gasteiger partial charge in [0.05, 0.1) is 18.6 Å². The van der Waals surface area contributed by atoms with E-state index in [1.54, 1.807) is 34.9 Å². The van der Waals surface area contributed by atoms with E-state index < -0.39 is 11.2 Å². The summed E-state index contributed by atoms with van der Waals surface area (Å²) in [5.41, 5.74) is -0.466. The number of benzene rings is 1. The minimum Gasteiger partial charge on any atom is -0.450 e. The van der Waals surface area contributed by atoms with Crippen LogP contribution in [0.5, 0.6) is 0 Å². The fraction of sp³-hybridized carbons (Fsp3) is 0.526. The first-order valence-electron chi connectivity index (χ1n) is 9.20. The van der Waals surface area contributed by atoms with Crippen molar-refractivity contribution in [1.82, 2.24) is 15.1 Å². The first kappa shape index (κ1) is 19.1. The van der Waals surface area contributed by atoms with E-state index >= 15 is 0 Å². The molecule has 27 heavy (non-hydrogen) atoms. The quantitative estimate of drug-likeness (QED) is 0.838. The third-order valence-corrected chi connectivity index (χ3v) is 5.13. The third-order valence-electron chi connectivity index (χ3n) is 5.13. The van der Waals surface area contributed by atoms with Gasteiger partial charge in [0.15, 0.2) is 0 Å².